The van der Waals surface area contributed by atoms with E-state index in [2.05, 4.69) is 15.0 Å². The number of amides is 1. The van der Waals surface area contributed by atoms with Crippen LogP contribution in [0.25, 0.3) is 11.3 Å². The highest BCUT2D eigenvalue weighted by molar-refractivity contribution is 7.89. The molecule has 24 heavy (non-hydrogen) atoms. The van der Waals surface area contributed by atoms with Crippen LogP contribution < -0.4 is 10.0 Å². The smallest absolute Gasteiger partial charge is 0.221 e. The number of carbonyl (C=O) groups excluding carboxylic acids is 1. The van der Waals surface area contributed by atoms with E-state index in [-0.39, 0.29) is 18.2 Å². The van der Waals surface area contributed by atoms with Crippen LogP contribution >= 0.6 is 11.3 Å². The second kappa shape index (κ2) is 8.36. The van der Waals surface area contributed by atoms with E-state index in [1.54, 1.807) is 0 Å². The molecule has 0 atom stereocenters. The summed E-state index contributed by atoms with van der Waals surface area (Å²) in [5.74, 6) is 0.0286. The Morgan fingerprint density at radius 3 is 2.58 bits per heavy atom. The summed E-state index contributed by atoms with van der Waals surface area (Å²) in [6, 6.07) is 7.36. The molecule has 2 aromatic rings. The van der Waals surface area contributed by atoms with Gasteiger partial charge in [-0.25, -0.2) is 18.1 Å². The topological polar surface area (TPSA) is 88.2 Å². The highest BCUT2D eigenvalue weighted by atomic mass is 32.2. The zero-order chi connectivity index (χ0) is 17.6. The lowest BCUT2D eigenvalue weighted by atomic mass is 10.1. The van der Waals surface area contributed by atoms with Crippen LogP contribution in [0.15, 0.2) is 29.6 Å². The molecule has 6 nitrogen and oxygen atoms in total. The van der Waals surface area contributed by atoms with Crippen molar-refractivity contribution in [3.05, 3.63) is 34.7 Å². The van der Waals surface area contributed by atoms with Crippen molar-refractivity contribution in [2.45, 2.75) is 33.2 Å². The van der Waals surface area contributed by atoms with Gasteiger partial charge in [-0.05, 0) is 18.6 Å². The van der Waals surface area contributed by atoms with Gasteiger partial charge in [0.2, 0.25) is 15.9 Å². The quantitative estimate of drug-likeness (QED) is 0.751. The summed E-state index contributed by atoms with van der Waals surface area (Å²) < 4.78 is 26.2. The van der Waals surface area contributed by atoms with E-state index in [4.69, 9.17) is 0 Å². The lowest BCUT2D eigenvalue weighted by Gasteiger charge is -2.04. The summed E-state index contributed by atoms with van der Waals surface area (Å²) in [6.45, 7) is 3.63. The van der Waals surface area contributed by atoms with Crippen molar-refractivity contribution < 1.29 is 13.2 Å². The Hall–Kier alpha value is -1.77. The average Bonchev–Trinajstić information content (AvgIpc) is 3.00. The van der Waals surface area contributed by atoms with Gasteiger partial charge in [0.05, 0.1) is 18.0 Å². The summed E-state index contributed by atoms with van der Waals surface area (Å²) >= 11 is 1.42. The molecule has 1 aromatic carbocycles. The highest BCUT2D eigenvalue weighted by Crippen LogP contribution is 2.23. The molecule has 1 amide bonds. The summed E-state index contributed by atoms with van der Waals surface area (Å²) in [6.07, 6.45) is 1.50. The second-order valence-corrected chi connectivity index (χ2v) is 8.25. The molecule has 0 unspecified atom stereocenters. The molecule has 0 saturated heterocycles. The maximum atomic E-state index is 11.8. The summed E-state index contributed by atoms with van der Waals surface area (Å²) in [5.41, 5.74) is 2.43. The van der Waals surface area contributed by atoms with Crippen LogP contribution in [-0.2, 0) is 21.4 Å². The number of unbranched alkanes of at least 4 members (excludes halogenated alkanes) is 1. The monoisotopic (exact) mass is 367 g/mol. The van der Waals surface area contributed by atoms with Crippen molar-refractivity contribution >= 4 is 33.0 Å². The molecule has 0 fully saturated rings. The minimum absolute atomic E-state index is 0.117. The van der Waals surface area contributed by atoms with Gasteiger partial charge >= 0.3 is 0 Å². The number of hydrogen-bond acceptors (Lipinski definition) is 5. The van der Waals surface area contributed by atoms with Crippen molar-refractivity contribution in [2.75, 3.05) is 11.1 Å². The molecule has 0 aliphatic rings. The van der Waals surface area contributed by atoms with Gasteiger partial charge in [0, 0.05) is 23.6 Å². The second-order valence-electron chi connectivity index (χ2n) is 5.38. The Labute approximate surface area is 146 Å². The van der Waals surface area contributed by atoms with E-state index in [0.29, 0.717) is 6.42 Å². The SMILES string of the molecule is CCCCS(=O)(=O)NCc1nc(-c2ccc(NC(C)=O)cc2)cs1. The fraction of sp³-hybridized carbons (Fsp3) is 0.375. The number of anilines is 1. The first-order chi connectivity index (χ1) is 11.4. The van der Waals surface area contributed by atoms with E-state index < -0.39 is 10.0 Å². The molecule has 2 rings (SSSR count). The van der Waals surface area contributed by atoms with Gasteiger partial charge in [-0.2, -0.15) is 0 Å². The maximum absolute atomic E-state index is 11.8. The molecular weight excluding hydrogens is 346 g/mol. The van der Waals surface area contributed by atoms with Crippen LogP contribution in [0.4, 0.5) is 5.69 Å². The fourth-order valence-corrected chi connectivity index (χ4v) is 4.03. The first-order valence-corrected chi connectivity index (χ1v) is 10.2. The third-order valence-electron chi connectivity index (χ3n) is 3.26. The first-order valence-electron chi connectivity index (χ1n) is 7.69. The number of hydrogen-bond donors (Lipinski definition) is 2. The normalized spacial score (nSPS) is 11.4. The third-order valence-corrected chi connectivity index (χ3v) is 5.52. The van der Waals surface area contributed by atoms with Gasteiger partial charge < -0.3 is 5.32 Å². The molecule has 2 N–H and O–H groups in total. The molecule has 1 aromatic heterocycles. The van der Waals surface area contributed by atoms with E-state index in [1.165, 1.54) is 18.3 Å². The molecule has 130 valence electrons. The Kier molecular flexibility index (Phi) is 6.47. The zero-order valence-corrected chi connectivity index (χ0v) is 15.3. The van der Waals surface area contributed by atoms with Crippen LogP contribution in [0.1, 0.15) is 31.7 Å². The molecule has 0 aliphatic carbocycles. The number of sulfonamides is 1. The first kappa shape index (κ1) is 18.6. The minimum Gasteiger partial charge on any atom is -0.326 e. The summed E-state index contributed by atoms with van der Waals surface area (Å²) in [4.78, 5) is 15.5. The van der Waals surface area contributed by atoms with Crippen LogP contribution in [-0.4, -0.2) is 25.1 Å². The van der Waals surface area contributed by atoms with Gasteiger partial charge in [-0.3, -0.25) is 4.79 Å². The number of carbonyl (C=O) groups is 1. The standard InChI is InChI=1S/C16H21N3O3S2/c1-3-4-9-24(21,22)17-10-16-19-15(11-23-16)13-5-7-14(8-6-13)18-12(2)20/h5-8,11,17H,3-4,9-10H2,1-2H3,(H,18,20). The molecule has 0 aliphatic heterocycles. The molecule has 0 bridgehead atoms. The van der Waals surface area contributed by atoms with Crippen molar-refractivity contribution in [3.8, 4) is 11.3 Å². The van der Waals surface area contributed by atoms with Crippen LogP contribution in [0.2, 0.25) is 0 Å². The van der Waals surface area contributed by atoms with Crippen molar-refractivity contribution in [1.82, 2.24) is 9.71 Å². The predicted octanol–water partition coefficient (Wildman–Crippen LogP) is 2.99. The number of aromatic nitrogens is 1. The van der Waals surface area contributed by atoms with Gasteiger partial charge in [0.15, 0.2) is 0 Å². The highest BCUT2D eigenvalue weighted by Gasteiger charge is 2.11. The Morgan fingerprint density at radius 1 is 1.25 bits per heavy atom. The van der Waals surface area contributed by atoms with E-state index in [9.17, 15) is 13.2 Å². The molecule has 0 spiro atoms. The van der Waals surface area contributed by atoms with Crippen molar-refractivity contribution in [2.24, 2.45) is 0 Å². The van der Waals surface area contributed by atoms with Gasteiger partial charge in [0.25, 0.3) is 0 Å². The lowest BCUT2D eigenvalue weighted by Crippen LogP contribution is -2.25. The molecule has 1 heterocycles. The van der Waals surface area contributed by atoms with Gasteiger partial charge in [0.1, 0.15) is 5.01 Å². The van der Waals surface area contributed by atoms with E-state index in [0.717, 1.165) is 28.4 Å². The van der Waals surface area contributed by atoms with Crippen molar-refractivity contribution in [3.63, 3.8) is 0 Å². The fourth-order valence-electron chi connectivity index (χ4n) is 2.03. The Morgan fingerprint density at radius 2 is 1.96 bits per heavy atom. The number of benzene rings is 1. The summed E-state index contributed by atoms with van der Waals surface area (Å²) in [5, 5.41) is 5.32. The van der Waals surface area contributed by atoms with Gasteiger partial charge in [-0.1, -0.05) is 25.5 Å². The number of thiazole rings is 1. The molecule has 0 saturated carbocycles. The van der Waals surface area contributed by atoms with Crippen LogP contribution in [0, 0.1) is 0 Å². The minimum atomic E-state index is -3.24. The largest absolute Gasteiger partial charge is 0.326 e. The van der Waals surface area contributed by atoms with Gasteiger partial charge in [-0.15, -0.1) is 11.3 Å². The Balaban J connectivity index is 1.99. The van der Waals surface area contributed by atoms with Crippen LogP contribution in [0.5, 0.6) is 0 Å². The number of nitrogens with one attached hydrogen (secondary N) is 2. The molecular formula is C16H21N3O3S2. The maximum Gasteiger partial charge on any atom is 0.221 e. The molecule has 8 heteroatoms. The molecule has 0 radical (unpaired) electrons. The predicted molar refractivity (Wildman–Crippen MR) is 97.4 cm³/mol. The third kappa shape index (κ3) is 5.70. The van der Waals surface area contributed by atoms with E-state index >= 15 is 0 Å². The van der Waals surface area contributed by atoms with Crippen molar-refractivity contribution in [1.29, 1.82) is 0 Å². The Bertz CT molecular complexity index is 783. The lowest BCUT2D eigenvalue weighted by molar-refractivity contribution is -0.114. The number of rotatable bonds is 8. The van der Waals surface area contributed by atoms with Crippen LogP contribution in [0.3, 0.4) is 0 Å². The zero-order valence-electron chi connectivity index (χ0n) is 13.7. The van der Waals surface area contributed by atoms with E-state index in [1.807, 2.05) is 36.6 Å². The summed E-state index contributed by atoms with van der Waals surface area (Å²) in [7, 11) is -3.24. The number of nitrogens with zero attached hydrogens (tertiary/aromatic N) is 1. The average molecular weight is 367 g/mol.